The number of rotatable bonds is 3. The van der Waals surface area contributed by atoms with E-state index < -0.39 is 11.6 Å². The van der Waals surface area contributed by atoms with E-state index >= 15 is 0 Å². The Kier molecular flexibility index (Phi) is 2.02. The Hall–Kier alpha value is -2.10. The first-order chi connectivity index (χ1) is 6.79. The molecule has 0 N–H and O–H groups in total. The van der Waals surface area contributed by atoms with Gasteiger partial charge in [0.25, 0.3) is 0 Å². The molecule has 4 heteroatoms. The molecule has 0 aliphatic carbocycles. The first kappa shape index (κ1) is 8.50. The first-order valence-electron chi connectivity index (χ1n) is 3.92. The number of ketones is 2. The highest BCUT2D eigenvalue weighted by atomic mass is 16.3. The van der Waals surface area contributed by atoms with Gasteiger partial charge in [-0.05, 0) is 12.1 Å². The fraction of sp³-hybridized carbons (Fsp3) is 0. The largest absolute Gasteiger partial charge is 0.472 e. The van der Waals surface area contributed by atoms with E-state index in [1.165, 1.54) is 37.2 Å². The Morgan fingerprint density at radius 1 is 0.857 bits per heavy atom. The van der Waals surface area contributed by atoms with Crippen LogP contribution in [0.15, 0.2) is 46.0 Å². The molecular formula is C10H6O4. The molecule has 0 radical (unpaired) electrons. The molecule has 0 amide bonds. The summed E-state index contributed by atoms with van der Waals surface area (Å²) in [5.74, 6) is -1.19. The van der Waals surface area contributed by atoms with E-state index in [2.05, 4.69) is 0 Å². The van der Waals surface area contributed by atoms with Gasteiger partial charge in [-0.2, -0.15) is 0 Å². The molecule has 2 heterocycles. The Bertz CT molecular complexity index is 392. The topological polar surface area (TPSA) is 60.4 Å². The maximum absolute atomic E-state index is 11.5. The number of carbonyl (C=O) groups is 2. The van der Waals surface area contributed by atoms with Gasteiger partial charge >= 0.3 is 0 Å². The molecule has 0 aliphatic heterocycles. The summed E-state index contributed by atoms with van der Waals surface area (Å²) in [4.78, 5) is 22.9. The second-order valence-electron chi connectivity index (χ2n) is 2.68. The van der Waals surface area contributed by atoms with E-state index in [9.17, 15) is 9.59 Å². The second-order valence-corrected chi connectivity index (χ2v) is 2.68. The highest BCUT2D eigenvalue weighted by Crippen LogP contribution is 2.08. The maximum atomic E-state index is 11.5. The van der Waals surface area contributed by atoms with Crippen LogP contribution in [0.2, 0.25) is 0 Å². The minimum Gasteiger partial charge on any atom is -0.472 e. The molecule has 2 aromatic heterocycles. The molecule has 2 rings (SSSR count). The van der Waals surface area contributed by atoms with Crippen LogP contribution in [0, 0.1) is 0 Å². The van der Waals surface area contributed by atoms with Crippen molar-refractivity contribution in [3.05, 3.63) is 48.3 Å². The molecule has 2 aromatic rings. The van der Waals surface area contributed by atoms with Gasteiger partial charge < -0.3 is 8.83 Å². The van der Waals surface area contributed by atoms with Crippen molar-refractivity contribution >= 4 is 11.6 Å². The third-order valence-corrected chi connectivity index (χ3v) is 1.77. The van der Waals surface area contributed by atoms with Crippen LogP contribution in [-0.4, -0.2) is 11.6 Å². The van der Waals surface area contributed by atoms with Gasteiger partial charge in [0.2, 0.25) is 11.6 Å². The van der Waals surface area contributed by atoms with Crippen molar-refractivity contribution in [2.24, 2.45) is 0 Å². The van der Waals surface area contributed by atoms with E-state index in [1.807, 2.05) is 0 Å². The van der Waals surface area contributed by atoms with Crippen molar-refractivity contribution in [1.82, 2.24) is 0 Å². The number of hydrogen-bond acceptors (Lipinski definition) is 4. The van der Waals surface area contributed by atoms with Crippen LogP contribution in [0.25, 0.3) is 0 Å². The molecule has 70 valence electrons. The van der Waals surface area contributed by atoms with Gasteiger partial charge in [0.05, 0.1) is 23.7 Å². The molecule has 0 saturated carbocycles. The lowest BCUT2D eigenvalue weighted by molar-refractivity contribution is 0.0816. The van der Waals surface area contributed by atoms with Crippen molar-refractivity contribution in [3.8, 4) is 0 Å². The lowest BCUT2D eigenvalue weighted by Crippen LogP contribution is -2.12. The molecule has 0 spiro atoms. The Labute approximate surface area is 79.1 Å². The molecule has 0 saturated heterocycles. The summed E-state index contributed by atoms with van der Waals surface area (Å²) < 4.78 is 9.41. The third-order valence-electron chi connectivity index (χ3n) is 1.77. The Morgan fingerprint density at radius 3 is 1.57 bits per heavy atom. The van der Waals surface area contributed by atoms with Crippen LogP contribution >= 0.6 is 0 Å². The summed E-state index contributed by atoms with van der Waals surface area (Å²) in [6.45, 7) is 0. The van der Waals surface area contributed by atoms with E-state index in [-0.39, 0.29) is 11.1 Å². The fourth-order valence-corrected chi connectivity index (χ4v) is 1.05. The first-order valence-corrected chi connectivity index (χ1v) is 3.92. The molecule has 0 bridgehead atoms. The van der Waals surface area contributed by atoms with Crippen molar-refractivity contribution in [2.75, 3.05) is 0 Å². The van der Waals surface area contributed by atoms with Crippen LogP contribution in [-0.2, 0) is 0 Å². The smallest absolute Gasteiger partial charge is 0.236 e. The highest BCUT2D eigenvalue weighted by Gasteiger charge is 2.19. The number of carbonyl (C=O) groups excluding carboxylic acids is 2. The highest BCUT2D eigenvalue weighted by molar-refractivity contribution is 6.49. The monoisotopic (exact) mass is 190 g/mol. The van der Waals surface area contributed by atoms with E-state index in [0.29, 0.717) is 0 Å². The lowest BCUT2D eigenvalue weighted by Gasteiger charge is -1.91. The third kappa shape index (κ3) is 1.37. The fourth-order valence-electron chi connectivity index (χ4n) is 1.05. The van der Waals surface area contributed by atoms with Crippen LogP contribution in [0.4, 0.5) is 0 Å². The maximum Gasteiger partial charge on any atom is 0.236 e. The van der Waals surface area contributed by atoms with E-state index in [4.69, 9.17) is 8.83 Å². The normalized spacial score (nSPS) is 10.0. The number of Topliss-reactive ketones (excluding diaryl/α,β-unsaturated/α-hetero) is 2. The van der Waals surface area contributed by atoms with Crippen LogP contribution in [0.5, 0.6) is 0 Å². The van der Waals surface area contributed by atoms with Gasteiger partial charge in [0.15, 0.2) is 0 Å². The molecule has 14 heavy (non-hydrogen) atoms. The Balaban J connectivity index is 2.26. The summed E-state index contributed by atoms with van der Waals surface area (Å²) in [6, 6.07) is 2.89. The minimum absolute atomic E-state index is 0.246. The summed E-state index contributed by atoms with van der Waals surface area (Å²) in [5.41, 5.74) is 0.493. The van der Waals surface area contributed by atoms with Gasteiger partial charge in [-0.1, -0.05) is 0 Å². The zero-order valence-electron chi connectivity index (χ0n) is 7.10. The second kappa shape index (κ2) is 3.33. The van der Waals surface area contributed by atoms with Crippen molar-refractivity contribution in [3.63, 3.8) is 0 Å². The molecule has 0 aromatic carbocycles. The van der Waals surface area contributed by atoms with Crippen molar-refractivity contribution in [2.45, 2.75) is 0 Å². The summed E-state index contributed by atoms with van der Waals surface area (Å²) >= 11 is 0. The molecular weight excluding hydrogens is 184 g/mol. The van der Waals surface area contributed by atoms with Gasteiger partial charge in [0.1, 0.15) is 12.5 Å². The summed E-state index contributed by atoms with van der Waals surface area (Å²) in [5, 5.41) is 0. The average molecular weight is 190 g/mol. The van der Waals surface area contributed by atoms with E-state index in [0.717, 1.165) is 0 Å². The predicted molar refractivity (Wildman–Crippen MR) is 46.1 cm³/mol. The summed E-state index contributed by atoms with van der Waals surface area (Å²) in [7, 11) is 0. The van der Waals surface area contributed by atoms with Crippen LogP contribution in [0.3, 0.4) is 0 Å². The molecule has 0 aliphatic rings. The van der Waals surface area contributed by atoms with Gasteiger partial charge in [-0.3, -0.25) is 9.59 Å². The van der Waals surface area contributed by atoms with Gasteiger partial charge in [-0.25, -0.2) is 0 Å². The van der Waals surface area contributed by atoms with Gasteiger partial charge in [0, 0.05) is 0 Å². The quantitative estimate of drug-likeness (QED) is 0.548. The van der Waals surface area contributed by atoms with Crippen LogP contribution in [0.1, 0.15) is 20.7 Å². The lowest BCUT2D eigenvalue weighted by atomic mass is 10.1. The number of hydrogen-bond donors (Lipinski definition) is 0. The standard InChI is InChI=1S/C10H6O4/c11-9(7-1-3-13-5-7)10(12)8-2-4-14-6-8/h1-6H. The molecule has 0 atom stereocenters. The van der Waals surface area contributed by atoms with E-state index in [1.54, 1.807) is 0 Å². The molecule has 4 nitrogen and oxygen atoms in total. The minimum atomic E-state index is -0.597. The number of furan rings is 2. The van der Waals surface area contributed by atoms with Crippen molar-refractivity contribution in [1.29, 1.82) is 0 Å². The predicted octanol–water partition coefficient (Wildman–Crippen LogP) is 1.94. The SMILES string of the molecule is O=C(C(=O)c1ccoc1)c1ccoc1. The zero-order chi connectivity index (χ0) is 9.97. The molecule has 0 fully saturated rings. The Morgan fingerprint density at radius 2 is 1.29 bits per heavy atom. The zero-order valence-corrected chi connectivity index (χ0v) is 7.10. The van der Waals surface area contributed by atoms with Gasteiger partial charge in [-0.15, -0.1) is 0 Å². The average Bonchev–Trinajstić information content (AvgIpc) is 2.87. The molecule has 0 unspecified atom stereocenters. The van der Waals surface area contributed by atoms with Crippen LogP contribution < -0.4 is 0 Å². The van der Waals surface area contributed by atoms with Crippen molar-refractivity contribution < 1.29 is 18.4 Å². The summed E-state index contributed by atoms with van der Waals surface area (Å²) in [6.07, 6.45) is 5.16.